The van der Waals surface area contributed by atoms with Gasteiger partial charge in [0.05, 0.1) is 57.3 Å². The fourth-order valence-corrected chi connectivity index (χ4v) is 7.07. The van der Waals surface area contributed by atoms with E-state index in [1.165, 1.54) is 77.0 Å². The largest absolute Gasteiger partial charge is 0.466 e. The van der Waals surface area contributed by atoms with Crippen molar-refractivity contribution in [3.05, 3.63) is 0 Å². The van der Waals surface area contributed by atoms with Gasteiger partial charge >= 0.3 is 17.9 Å². The monoisotopic (exact) mass is 855 g/mol. The number of nitrogens with one attached hydrogen (secondary N) is 1. The number of ether oxygens (including phenoxy) is 5. The summed E-state index contributed by atoms with van der Waals surface area (Å²) in [5.41, 5.74) is 0. The molecule has 0 bridgehead atoms. The molecular weight excluding hydrogens is 761 g/mol. The second-order valence-electron chi connectivity index (χ2n) is 17.2. The van der Waals surface area contributed by atoms with Crippen LogP contribution in [0.4, 0.5) is 0 Å². The molecule has 0 fully saturated rings. The molecule has 0 radical (unpaired) electrons. The van der Waals surface area contributed by atoms with Crippen molar-refractivity contribution < 1.29 is 42.9 Å². The van der Waals surface area contributed by atoms with Gasteiger partial charge in [0, 0.05) is 26.2 Å². The Bertz CT molecular complexity index is 933. The zero-order chi connectivity index (χ0) is 44.3. The number of nitrogens with zero attached hydrogens (tertiary/aromatic N) is 1. The van der Waals surface area contributed by atoms with Gasteiger partial charge < -0.3 is 33.9 Å². The highest BCUT2D eigenvalue weighted by Crippen LogP contribution is 2.21. The van der Waals surface area contributed by atoms with Crippen molar-refractivity contribution in [1.29, 1.82) is 0 Å². The first kappa shape index (κ1) is 57.8. The molecule has 0 aliphatic carbocycles. The molecule has 0 aromatic carbocycles. The molecule has 11 nitrogen and oxygen atoms in total. The molecule has 0 saturated carbocycles. The molecule has 0 saturated heterocycles. The first-order chi connectivity index (χ1) is 29.2. The molecule has 0 atom stereocenters. The van der Waals surface area contributed by atoms with Crippen LogP contribution in [-0.4, -0.2) is 102 Å². The normalized spacial score (nSPS) is 11.6. The lowest BCUT2D eigenvalue weighted by Gasteiger charge is -2.19. The first-order valence-corrected chi connectivity index (χ1v) is 24.8. The minimum Gasteiger partial charge on any atom is -0.466 e. The lowest BCUT2D eigenvalue weighted by molar-refractivity contribution is -0.150. The lowest BCUT2D eigenvalue weighted by atomic mass is 9.94. The summed E-state index contributed by atoms with van der Waals surface area (Å²) >= 11 is 0. The molecule has 11 heteroatoms. The van der Waals surface area contributed by atoms with Crippen LogP contribution >= 0.6 is 0 Å². The highest BCUT2D eigenvalue weighted by molar-refractivity contribution is 5.76. The Balaban J connectivity index is 4.81. The van der Waals surface area contributed by atoms with Gasteiger partial charge in [0.25, 0.3) is 0 Å². The Morgan fingerprint density at radius 3 is 1.23 bits per heavy atom. The predicted molar refractivity (Wildman–Crippen MR) is 244 cm³/mol. The van der Waals surface area contributed by atoms with Gasteiger partial charge in [-0.05, 0) is 78.3 Å². The van der Waals surface area contributed by atoms with Crippen LogP contribution in [0.15, 0.2) is 0 Å². The van der Waals surface area contributed by atoms with E-state index in [2.05, 4.69) is 33.0 Å². The van der Waals surface area contributed by atoms with Crippen molar-refractivity contribution in [2.45, 2.75) is 214 Å². The van der Waals surface area contributed by atoms with E-state index in [4.69, 9.17) is 23.7 Å². The second kappa shape index (κ2) is 43.4. The zero-order valence-corrected chi connectivity index (χ0v) is 39.8. The number of carbonyl (C=O) groups is 4. The summed E-state index contributed by atoms with van der Waals surface area (Å²) < 4.78 is 28.7. The number of esters is 3. The van der Waals surface area contributed by atoms with Gasteiger partial charge in [-0.2, -0.15) is 0 Å². The van der Waals surface area contributed by atoms with E-state index < -0.39 is 0 Å². The van der Waals surface area contributed by atoms with Gasteiger partial charge in [0.15, 0.2) is 0 Å². The molecule has 0 heterocycles. The van der Waals surface area contributed by atoms with E-state index >= 15 is 0 Å². The van der Waals surface area contributed by atoms with Crippen LogP contribution in [-0.2, 0) is 42.9 Å². The summed E-state index contributed by atoms with van der Waals surface area (Å²) in [4.78, 5) is 52.6. The molecule has 1 amide bonds. The Morgan fingerprint density at radius 2 is 0.833 bits per heavy atom. The fourth-order valence-electron chi connectivity index (χ4n) is 7.07. The molecule has 0 aliphatic heterocycles. The van der Waals surface area contributed by atoms with Crippen LogP contribution in [0, 0.1) is 11.8 Å². The molecule has 0 unspecified atom stereocenters. The smallest absolute Gasteiger partial charge is 0.308 e. The summed E-state index contributed by atoms with van der Waals surface area (Å²) in [7, 11) is 3.83. The van der Waals surface area contributed by atoms with E-state index in [0.29, 0.717) is 78.5 Å². The molecule has 0 aliphatic rings. The quantitative estimate of drug-likeness (QED) is 0.0359. The van der Waals surface area contributed by atoms with Gasteiger partial charge in [-0.15, -0.1) is 0 Å². The van der Waals surface area contributed by atoms with Crippen LogP contribution in [0.3, 0.4) is 0 Å². The Morgan fingerprint density at radius 1 is 0.450 bits per heavy atom. The molecule has 0 spiro atoms. The summed E-state index contributed by atoms with van der Waals surface area (Å²) in [6.45, 7) is 12.1. The summed E-state index contributed by atoms with van der Waals surface area (Å²) in [6.07, 6.45) is 27.1. The molecule has 0 rings (SSSR count). The molecule has 354 valence electrons. The number of amides is 1. The maximum Gasteiger partial charge on any atom is 0.308 e. The van der Waals surface area contributed by atoms with Gasteiger partial charge in [-0.25, -0.2) is 0 Å². The van der Waals surface area contributed by atoms with E-state index in [9.17, 15) is 19.2 Å². The predicted octanol–water partition coefficient (Wildman–Crippen LogP) is 10.9. The van der Waals surface area contributed by atoms with E-state index in [1.54, 1.807) is 0 Å². The minimum absolute atomic E-state index is 0.0000177. The van der Waals surface area contributed by atoms with Crippen molar-refractivity contribution in [2.75, 3.05) is 66.9 Å². The van der Waals surface area contributed by atoms with Gasteiger partial charge in [-0.3, -0.25) is 19.2 Å². The van der Waals surface area contributed by atoms with Crippen LogP contribution in [0.25, 0.3) is 0 Å². The van der Waals surface area contributed by atoms with Crippen LogP contribution < -0.4 is 5.32 Å². The maximum atomic E-state index is 12.9. The number of carbonyl (C=O) groups excluding carboxylic acids is 4. The summed E-state index contributed by atoms with van der Waals surface area (Å²) in [6, 6.07) is -0.320. The Kier molecular flexibility index (Phi) is 41.8. The van der Waals surface area contributed by atoms with E-state index in [1.807, 2.05) is 19.0 Å². The highest BCUT2D eigenvalue weighted by Gasteiger charge is 2.21. The van der Waals surface area contributed by atoms with Gasteiger partial charge in [0.1, 0.15) is 0 Å². The zero-order valence-electron chi connectivity index (χ0n) is 39.8. The van der Waals surface area contributed by atoms with Gasteiger partial charge in [-0.1, -0.05) is 130 Å². The molecule has 1 N–H and O–H groups in total. The highest BCUT2D eigenvalue weighted by atomic mass is 16.5. The second-order valence-corrected chi connectivity index (χ2v) is 17.2. The van der Waals surface area contributed by atoms with Crippen LogP contribution in [0.5, 0.6) is 0 Å². The fraction of sp³-hybridized carbons (Fsp3) is 0.918. The average Bonchev–Trinajstić information content (AvgIpc) is 3.23. The topological polar surface area (TPSA) is 130 Å². The molecule has 0 aromatic rings. The standard InChI is InChI=1S/C49H94N2O9/c1-7-11-15-19-29-43(30-20-16-12-8-2)48(54)59-39-27-25-36-56-41-45(50-46(52)33-23-24-38-58-47(53)34-35-51(5)6)42-57-37-26-28-40-60-49(55)44(31-21-17-13-9-3)32-22-18-14-10-4/h43-45H,7-42H2,1-6H3,(H,50,52). The average molecular weight is 855 g/mol. The third-order valence-corrected chi connectivity index (χ3v) is 11.0. The Labute approximate surface area is 368 Å². The van der Waals surface area contributed by atoms with Crippen molar-refractivity contribution in [1.82, 2.24) is 10.2 Å². The van der Waals surface area contributed by atoms with E-state index in [-0.39, 0.29) is 41.7 Å². The maximum absolute atomic E-state index is 12.9. The SMILES string of the molecule is CCCCCCC(CCCCCC)C(=O)OCCCCOCC(COCCCCOC(=O)C(CCCCCC)CCCCCC)NC(=O)CCCCOC(=O)CCN(C)C. The number of unbranched alkanes of at least 4 members (excludes halogenated alkanes) is 15. The third kappa shape index (κ3) is 37.5. The lowest BCUT2D eigenvalue weighted by Crippen LogP contribution is -2.41. The van der Waals surface area contributed by atoms with Crippen molar-refractivity contribution in [2.24, 2.45) is 11.8 Å². The van der Waals surface area contributed by atoms with E-state index in [0.717, 1.165) is 77.0 Å². The molecular formula is C49H94N2O9. The van der Waals surface area contributed by atoms with Crippen molar-refractivity contribution >= 4 is 23.8 Å². The number of rotatable bonds is 45. The number of hydrogen-bond acceptors (Lipinski definition) is 10. The molecule has 60 heavy (non-hydrogen) atoms. The summed E-state index contributed by atoms with van der Waals surface area (Å²) in [5.74, 6) is -0.421. The Hall–Kier alpha value is -2.24. The van der Waals surface area contributed by atoms with Crippen molar-refractivity contribution in [3.8, 4) is 0 Å². The molecule has 0 aromatic heterocycles. The minimum atomic E-state index is -0.320. The summed E-state index contributed by atoms with van der Waals surface area (Å²) in [5, 5.41) is 3.07. The third-order valence-electron chi connectivity index (χ3n) is 11.0. The van der Waals surface area contributed by atoms with Gasteiger partial charge in [0.2, 0.25) is 5.91 Å². The van der Waals surface area contributed by atoms with Crippen LogP contribution in [0.2, 0.25) is 0 Å². The van der Waals surface area contributed by atoms with Crippen molar-refractivity contribution in [3.63, 3.8) is 0 Å². The van der Waals surface area contributed by atoms with Crippen LogP contribution in [0.1, 0.15) is 207 Å². The first-order valence-electron chi connectivity index (χ1n) is 24.8. The number of hydrogen-bond donors (Lipinski definition) is 1.